The Morgan fingerprint density at radius 3 is 2.95 bits per heavy atom. The van der Waals surface area contributed by atoms with E-state index >= 15 is 0 Å². The van der Waals surface area contributed by atoms with E-state index in [1.165, 1.54) is 19.2 Å². The highest BCUT2D eigenvalue weighted by molar-refractivity contribution is 6.30. The zero-order chi connectivity index (χ0) is 14.5. The molecule has 0 radical (unpaired) electrons. The smallest absolute Gasteiger partial charge is 0.254 e. The molecular formula is C14H12ClFN2O2. The molecule has 1 amide bonds. The first-order valence-corrected chi connectivity index (χ1v) is 6.20. The van der Waals surface area contributed by atoms with E-state index < -0.39 is 11.7 Å². The second kappa shape index (κ2) is 6.34. The molecule has 0 bridgehead atoms. The molecule has 1 heterocycles. The molecule has 0 aliphatic rings. The number of carbonyl (C=O) groups excluding carboxylic acids is 1. The maximum Gasteiger partial charge on any atom is 0.254 e. The van der Waals surface area contributed by atoms with Gasteiger partial charge >= 0.3 is 0 Å². The zero-order valence-corrected chi connectivity index (χ0v) is 11.4. The van der Waals surface area contributed by atoms with E-state index in [2.05, 4.69) is 10.3 Å². The maximum absolute atomic E-state index is 13.5. The van der Waals surface area contributed by atoms with E-state index in [-0.39, 0.29) is 12.1 Å². The van der Waals surface area contributed by atoms with E-state index in [0.717, 1.165) is 11.6 Å². The molecular weight excluding hydrogens is 283 g/mol. The summed E-state index contributed by atoms with van der Waals surface area (Å²) in [5.41, 5.74) is 0.714. The van der Waals surface area contributed by atoms with Gasteiger partial charge < -0.3 is 10.1 Å². The fourth-order valence-electron chi connectivity index (χ4n) is 1.62. The predicted molar refractivity (Wildman–Crippen MR) is 73.4 cm³/mol. The van der Waals surface area contributed by atoms with E-state index in [1.807, 2.05) is 0 Å². The van der Waals surface area contributed by atoms with Crippen LogP contribution in [0.3, 0.4) is 0 Å². The van der Waals surface area contributed by atoms with Crippen molar-refractivity contribution in [3.05, 3.63) is 58.5 Å². The summed E-state index contributed by atoms with van der Waals surface area (Å²) in [5, 5.41) is 2.92. The maximum atomic E-state index is 13.5. The number of carbonyl (C=O) groups is 1. The van der Waals surface area contributed by atoms with Crippen molar-refractivity contribution in [2.24, 2.45) is 0 Å². The third kappa shape index (κ3) is 3.45. The van der Waals surface area contributed by atoms with Crippen molar-refractivity contribution >= 4 is 17.5 Å². The lowest BCUT2D eigenvalue weighted by atomic mass is 10.2. The van der Waals surface area contributed by atoms with Gasteiger partial charge in [-0.2, -0.15) is 0 Å². The number of nitrogens with one attached hydrogen (secondary N) is 1. The summed E-state index contributed by atoms with van der Waals surface area (Å²) in [7, 11) is 1.51. The third-order valence-electron chi connectivity index (χ3n) is 2.63. The Labute approximate surface area is 120 Å². The number of rotatable bonds is 4. The molecule has 0 saturated carbocycles. The normalized spacial score (nSPS) is 10.2. The van der Waals surface area contributed by atoms with Gasteiger partial charge in [0.2, 0.25) is 5.88 Å². The molecule has 0 atom stereocenters. The summed E-state index contributed by atoms with van der Waals surface area (Å²) in [6.07, 6.45) is 1.57. The number of hydrogen-bond acceptors (Lipinski definition) is 3. The fraction of sp³-hybridized carbons (Fsp3) is 0.143. The minimum Gasteiger partial charge on any atom is -0.481 e. The van der Waals surface area contributed by atoms with Crippen LogP contribution in [-0.4, -0.2) is 18.0 Å². The van der Waals surface area contributed by atoms with E-state index in [1.54, 1.807) is 18.3 Å². The molecule has 1 N–H and O–H groups in total. The highest BCUT2D eigenvalue weighted by Crippen LogP contribution is 2.15. The van der Waals surface area contributed by atoms with Crippen LogP contribution in [-0.2, 0) is 6.54 Å². The van der Waals surface area contributed by atoms with Gasteiger partial charge in [0.1, 0.15) is 5.82 Å². The first kappa shape index (κ1) is 14.3. The van der Waals surface area contributed by atoms with Crippen LogP contribution < -0.4 is 10.1 Å². The number of amides is 1. The lowest BCUT2D eigenvalue weighted by Gasteiger charge is -2.07. The summed E-state index contributed by atoms with van der Waals surface area (Å²) in [6, 6.07) is 7.26. The zero-order valence-electron chi connectivity index (χ0n) is 10.7. The van der Waals surface area contributed by atoms with Crippen LogP contribution in [0.2, 0.25) is 5.02 Å². The van der Waals surface area contributed by atoms with Gasteiger partial charge in [0, 0.05) is 23.8 Å². The molecule has 2 aromatic rings. The molecule has 4 nitrogen and oxygen atoms in total. The summed E-state index contributed by atoms with van der Waals surface area (Å²) in [5.74, 6) is -0.689. The van der Waals surface area contributed by atoms with Gasteiger partial charge in [0.05, 0.1) is 12.7 Å². The van der Waals surface area contributed by atoms with Crippen LogP contribution in [0, 0.1) is 5.82 Å². The first-order valence-electron chi connectivity index (χ1n) is 5.82. The SMILES string of the molecule is COc1cc(CNC(=O)c2cc(Cl)ccc2F)ccn1. The van der Waals surface area contributed by atoms with Crippen molar-refractivity contribution in [3.8, 4) is 5.88 Å². The molecule has 0 spiro atoms. The van der Waals surface area contributed by atoms with E-state index in [9.17, 15) is 9.18 Å². The first-order chi connectivity index (χ1) is 9.60. The topological polar surface area (TPSA) is 51.2 Å². The number of hydrogen-bond donors (Lipinski definition) is 1. The number of nitrogens with zero attached hydrogens (tertiary/aromatic N) is 1. The Hall–Kier alpha value is -2.14. The average Bonchev–Trinajstić information content (AvgIpc) is 2.47. The number of ether oxygens (including phenoxy) is 1. The molecule has 20 heavy (non-hydrogen) atoms. The van der Waals surface area contributed by atoms with Gasteiger partial charge in [-0.25, -0.2) is 9.37 Å². The second-order valence-electron chi connectivity index (χ2n) is 4.01. The fourth-order valence-corrected chi connectivity index (χ4v) is 1.79. The van der Waals surface area contributed by atoms with Gasteiger partial charge in [0.25, 0.3) is 5.91 Å². The van der Waals surface area contributed by atoms with Crippen molar-refractivity contribution in [1.82, 2.24) is 10.3 Å². The molecule has 104 valence electrons. The highest BCUT2D eigenvalue weighted by atomic mass is 35.5. The van der Waals surface area contributed by atoms with Gasteiger partial charge in [-0.15, -0.1) is 0 Å². The Morgan fingerprint density at radius 2 is 2.20 bits per heavy atom. The Bertz CT molecular complexity index is 634. The number of aromatic nitrogens is 1. The highest BCUT2D eigenvalue weighted by Gasteiger charge is 2.12. The van der Waals surface area contributed by atoms with Crippen molar-refractivity contribution < 1.29 is 13.9 Å². The molecule has 0 aliphatic carbocycles. The number of halogens is 2. The van der Waals surface area contributed by atoms with Crippen molar-refractivity contribution in [2.45, 2.75) is 6.54 Å². The lowest BCUT2D eigenvalue weighted by molar-refractivity contribution is 0.0947. The molecule has 0 aliphatic heterocycles. The van der Waals surface area contributed by atoms with Gasteiger partial charge in [-0.3, -0.25) is 4.79 Å². The molecule has 2 rings (SSSR count). The number of benzene rings is 1. The quantitative estimate of drug-likeness (QED) is 0.943. The van der Waals surface area contributed by atoms with Crippen molar-refractivity contribution in [2.75, 3.05) is 7.11 Å². The van der Waals surface area contributed by atoms with Gasteiger partial charge in [0.15, 0.2) is 0 Å². The largest absolute Gasteiger partial charge is 0.481 e. The number of methoxy groups -OCH3 is 1. The molecule has 0 unspecified atom stereocenters. The minimum atomic E-state index is -0.612. The van der Waals surface area contributed by atoms with Crippen LogP contribution in [0.4, 0.5) is 4.39 Å². The lowest BCUT2D eigenvalue weighted by Crippen LogP contribution is -2.23. The van der Waals surface area contributed by atoms with Gasteiger partial charge in [-0.05, 0) is 29.8 Å². The average molecular weight is 295 g/mol. The summed E-state index contributed by atoms with van der Waals surface area (Å²) in [6.45, 7) is 0.240. The standard InChI is InChI=1S/C14H12ClFN2O2/c1-20-13-6-9(4-5-17-13)8-18-14(19)11-7-10(15)2-3-12(11)16/h2-7H,8H2,1H3,(H,18,19). The Kier molecular flexibility index (Phi) is 4.53. The van der Waals surface area contributed by atoms with Crippen molar-refractivity contribution in [1.29, 1.82) is 0 Å². The van der Waals surface area contributed by atoms with Crippen molar-refractivity contribution in [3.63, 3.8) is 0 Å². The molecule has 0 fully saturated rings. The number of pyridine rings is 1. The van der Waals surface area contributed by atoms with Gasteiger partial charge in [-0.1, -0.05) is 11.6 Å². The monoisotopic (exact) mass is 294 g/mol. The predicted octanol–water partition coefficient (Wildman–Crippen LogP) is 2.81. The minimum absolute atomic E-state index is 0.0847. The van der Waals surface area contributed by atoms with Crippen LogP contribution in [0.5, 0.6) is 5.88 Å². The Morgan fingerprint density at radius 1 is 1.40 bits per heavy atom. The summed E-state index contributed by atoms with van der Waals surface area (Å²) < 4.78 is 18.5. The van der Waals surface area contributed by atoms with Crippen LogP contribution >= 0.6 is 11.6 Å². The third-order valence-corrected chi connectivity index (χ3v) is 2.87. The Balaban J connectivity index is 2.06. The summed E-state index contributed by atoms with van der Waals surface area (Å²) >= 11 is 5.75. The molecule has 1 aromatic carbocycles. The van der Waals surface area contributed by atoms with E-state index in [4.69, 9.17) is 16.3 Å². The molecule has 0 saturated heterocycles. The van der Waals surface area contributed by atoms with Crippen LogP contribution in [0.1, 0.15) is 15.9 Å². The van der Waals surface area contributed by atoms with Crippen LogP contribution in [0.15, 0.2) is 36.5 Å². The van der Waals surface area contributed by atoms with E-state index in [0.29, 0.717) is 10.9 Å². The molecule has 1 aromatic heterocycles. The van der Waals surface area contributed by atoms with Crippen LogP contribution in [0.25, 0.3) is 0 Å². The summed E-state index contributed by atoms with van der Waals surface area (Å²) in [4.78, 5) is 15.8. The molecule has 6 heteroatoms. The second-order valence-corrected chi connectivity index (χ2v) is 4.45.